The van der Waals surface area contributed by atoms with E-state index in [2.05, 4.69) is 9.97 Å². The van der Waals surface area contributed by atoms with E-state index in [0.29, 0.717) is 18.2 Å². The summed E-state index contributed by atoms with van der Waals surface area (Å²) in [5.74, 6) is 0.217. The Balaban J connectivity index is 2.24. The first-order chi connectivity index (χ1) is 9.06. The van der Waals surface area contributed by atoms with E-state index >= 15 is 0 Å². The fraction of sp³-hybridized carbons (Fsp3) is 0.583. The molecule has 2 atom stereocenters. The van der Waals surface area contributed by atoms with Gasteiger partial charge in [-0.25, -0.2) is 4.98 Å². The van der Waals surface area contributed by atoms with E-state index in [0.717, 1.165) is 0 Å². The maximum Gasteiger partial charge on any atom is 0.236 e. The summed E-state index contributed by atoms with van der Waals surface area (Å²) in [5, 5.41) is 19.8. The Hall–Kier alpha value is -1.36. The van der Waals surface area contributed by atoms with E-state index in [1.165, 1.54) is 18.0 Å². The number of hydrogen-bond donors (Lipinski definition) is 1. The van der Waals surface area contributed by atoms with E-state index < -0.39 is 11.7 Å². The smallest absolute Gasteiger partial charge is 0.236 e. The number of hydrogen-bond acceptors (Lipinski definition) is 7. The lowest BCUT2D eigenvalue weighted by atomic mass is 9.95. The highest BCUT2D eigenvalue weighted by Gasteiger charge is 2.38. The van der Waals surface area contributed by atoms with Crippen LogP contribution in [0.3, 0.4) is 0 Å². The van der Waals surface area contributed by atoms with Gasteiger partial charge in [0.25, 0.3) is 0 Å². The van der Waals surface area contributed by atoms with Crippen molar-refractivity contribution in [1.29, 1.82) is 5.26 Å². The van der Waals surface area contributed by atoms with Crippen LogP contribution < -0.4 is 4.74 Å². The third-order valence-electron chi connectivity index (χ3n) is 2.90. The van der Waals surface area contributed by atoms with Crippen molar-refractivity contribution in [2.24, 2.45) is 0 Å². The molecule has 1 aromatic rings. The van der Waals surface area contributed by atoms with Gasteiger partial charge in [0, 0.05) is 6.42 Å². The highest BCUT2D eigenvalue weighted by Crippen LogP contribution is 2.26. The van der Waals surface area contributed by atoms with Gasteiger partial charge in [0.15, 0.2) is 5.16 Å². The molecular formula is C12H15N3O3S. The molecule has 6 nitrogen and oxygen atoms in total. The lowest BCUT2D eigenvalue weighted by Gasteiger charge is -2.36. The molecule has 1 saturated heterocycles. The third-order valence-corrected chi connectivity index (χ3v) is 3.46. The maximum atomic E-state index is 10.2. The molecule has 2 rings (SSSR count). The molecule has 1 aromatic heterocycles. The second-order valence-electron chi connectivity index (χ2n) is 4.49. The number of rotatable bonds is 3. The largest absolute Gasteiger partial charge is 0.470 e. The molecule has 2 unspecified atom stereocenters. The number of nitriles is 1. The van der Waals surface area contributed by atoms with Gasteiger partial charge in [0.1, 0.15) is 23.3 Å². The number of aromatic nitrogens is 2. The zero-order chi connectivity index (χ0) is 13.9. The minimum atomic E-state index is -1.09. The summed E-state index contributed by atoms with van der Waals surface area (Å²) in [6.45, 7) is 2.38. The zero-order valence-corrected chi connectivity index (χ0v) is 11.6. The molecule has 1 aliphatic rings. The minimum absolute atomic E-state index is 0.208. The molecule has 7 heteroatoms. The van der Waals surface area contributed by atoms with Gasteiger partial charge in [0.2, 0.25) is 5.88 Å². The quantitative estimate of drug-likeness (QED) is 0.652. The Morgan fingerprint density at radius 2 is 2.47 bits per heavy atom. The Morgan fingerprint density at radius 1 is 1.68 bits per heavy atom. The van der Waals surface area contributed by atoms with Crippen LogP contribution in [0.1, 0.15) is 18.9 Å². The second kappa shape index (κ2) is 5.74. The molecule has 0 aromatic carbocycles. The van der Waals surface area contributed by atoms with Gasteiger partial charge in [-0.2, -0.15) is 10.2 Å². The lowest BCUT2D eigenvalue weighted by molar-refractivity contribution is -0.140. The van der Waals surface area contributed by atoms with Crippen LogP contribution in [-0.4, -0.2) is 46.2 Å². The van der Waals surface area contributed by atoms with Crippen LogP contribution in [0.5, 0.6) is 5.88 Å². The van der Waals surface area contributed by atoms with Crippen LogP contribution in [0.2, 0.25) is 0 Å². The summed E-state index contributed by atoms with van der Waals surface area (Å²) in [6.07, 6.45) is 3.38. The van der Waals surface area contributed by atoms with E-state index in [-0.39, 0.29) is 18.1 Å². The molecule has 0 spiro atoms. The molecule has 102 valence electrons. The summed E-state index contributed by atoms with van der Waals surface area (Å²) in [7, 11) is 0. The van der Waals surface area contributed by atoms with Crippen molar-refractivity contribution in [3.8, 4) is 11.9 Å². The highest BCUT2D eigenvalue weighted by atomic mass is 32.2. The van der Waals surface area contributed by atoms with Gasteiger partial charge in [-0.1, -0.05) is 11.8 Å². The molecule has 0 aliphatic carbocycles. The van der Waals surface area contributed by atoms with Crippen LogP contribution in [-0.2, 0) is 4.74 Å². The molecule has 0 bridgehead atoms. The van der Waals surface area contributed by atoms with Crippen LogP contribution in [0.15, 0.2) is 11.4 Å². The average molecular weight is 281 g/mol. The molecule has 0 amide bonds. The van der Waals surface area contributed by atoms with Crippen molar-refractivity contribution in [2.45, 2.75) is 30.2 Å². The van der Waals surface area contributed by atoms with Gasteiger partial charge in [0.05, 0.1) is 19.4 Å². The average Bonchev–Trinajstić information content (AvgIpc) is 2.41. The van der Waals surface area contributed by atoms with Crippen molar-refractivity contribution in [1.82, 2.24) is 9.97 Å². The van der Waals surface area contributed by atoms with Gasteiger partial charge in [-0.05, 0) is 13.2 Å². The first kappa shape index (κ1) is 14.1. The molecular weight excluding hydrogens is 266 g/mol. The molecule has 0 radical (unpaired) electrons. The lowest BCUT2D eigenvalue weighted by Crippen LogP contribution is -2.51. The van der Waals surface area contributed by atoms with Crippen molar-refractivity contribution in [2.75, 3.05) is 19.5 Å². The van der Waals surface area contributed by atoms with Crippen LogP contribution in [0, 0.1) is 11.3 Å². The topological polar surface area (TPSA) is 88.3 Å². The Labute approximate surface area is 115 Å². The first-order valence-corrected chi connectivity index (χ1v) is 7.07. The number of nitrogens with zero attached hydrogens (tertiary/aromatic N) is 3. The molecule has 1 aliphatic heterocycles. The molecule has 0 saturated carbocycles. The highest BCUT2D eigenvalue weighted by molar-refractivity contribution is 7.98. The SMILES string of the molecule is CSc1ncc(C#N)c(OC2CCOCC2(C)O)n1. The fourth-order valence-corrected chi connectivity index (χ4v) is 2.14. The molecule has 2 heterocycles. The van der Waals surface area contributed by atoms with E-state index in [1.807, 2.05) is 12.3 Å². The maximum absolute atomic E-state index is 10.2. The number of aliphatic hydroxyl groups is 1. The number of thioether (sulfide) groups is 1. The summed E-state index contributed by atoms with van der Waals surface area (Å²) in [5.41, 5.74) is -0.824. The summed E-state index contributed by atoms with van der Waals surface area (Å²) in [4.78, 5) is 8.20. The molecule has 1 N–H and O–H groups in total. The Bertz CT molecular complexity index is 501. The van der Waals surface area contributed by atoms with Gasteiger partial charge in [-0.3, -0.25) is 0 Å². The van der Waals surface area contributed by atoms with Gasteiger partial charge >= 0.3 is 0 Å². The van der Waals surface area contributed by atoms with Gasteiger partial charge in [-0.15, -0.1) is 0 Å². The summed E-state index contributed by atoms with van der Waals surface area (Å²) < 4.78 is 10.9. The molecule has 1 fully saturated rings. The van der Waals surface area contributed by atoms with Gasteiger partial charge < -0.3 is 14.6 Å². The normalized spacial score (nSPS) is 26.7. The fourth-order valence-electron chi connectivity index (χ4n) is 1.81. The van der Waals surface area contributed by atoms with Crippen molar-refractivity contribution in [3.05, 3.63) is 11.8 Å². The second-order valence-corrected chi connectivity index (χ2v) is 5.27. The van der Waals surface area contributed by atoms with Crippen molar-refractivity contribution >= 4 is 11.8 Å². The van der Waals surface area contributed by atoms with E-state index in [9.17, 15) is 5.11 Å². The predicted octanol–water partition coefficient (Wildman–Crippen LogP) is 0.989. The van der Waals surface area contributed by atoms with Crippen LogP contribution >= 0.6 is 11.8 Å². The summed E-state index contributed by atoms with van der Waals surface area (Å²) >= 11 is 1.37. The predicted molar refractivity (Wildman–Crippen MR) is 69.0 cm³/mol. The monoisotopic (exact) mass is 281 g/mol. The van der Waals surface area contributed by atoms with Crippen molar-refractivity contribution < 1.29 is 14.6 Å². The third kappa shape index (κ3) is 3.15. The van der Waals surface area contributed by atoms with Crippen LogP contribution in [0.25, 0.3) is 0 Å². The summed E-state index contributed by atoms with van der Waals surface area (Å²) in [6, 6.07) is 1.99. The van der Waals surface area contributed by atoms with Crippen LogP contribution in [0.4, 0.5) is 0 Å². The zero-order valence-electron chi connectivity index (χ0n) is 10.8. The number of ether oxygens (including phenoxy) is 2. The Kier molecular flexibility index (Phi) is 4.24. The first-order valence-electron chi connectivity index (χ1n) is 5.84. The van der Waals surface area contributed by atoms with E-state index in [1.54, 1.807) is 6.92 Å². The minimum Gasteiger partial charge on any atom is -0.470 e. The van der Waals surface area contributed by atoms with Crippen molar-refractivity contribution in [3.63, 3.8) is 0 Å². The molecule has 19 heavy (non-hydrogen) atoms. The standard InChI is InChI=1S/C12H15N3O3S/c1-12(16)7-17-4-3-9(12)18-10-8(5-13)6-14-11(15-10)19-2/h6,9,16H,3-4,7H2,1-2H3. The Morgan fingerprint density at radius 3 is 3.11 bits per heavy atom. The van der Waals surface area contributed by atoms with E-state index in [4.69, 9.17) is 14.7 Å².